The van der Waals surface area contributed by atoms with Crippen LogP contribution in [-0.2, 0) is 4.79 Å². The average molecular weight is 271 g/mol. The number of carbonyl (C=O) groups is 1. The van der Waals surface area contributed by atoms with Gasteiger partial charge in [0, 0.05) is 31.2 Å². The number of nitrogens with one attached hydrogen (secondary N) is 1. The van der Waals surface area contributed by atoms with Gasteiger partial charge in [0.2, 0.25) is 0 Å². The monoisotopic (exact) mass is 271 g/mol. The van der Waals surface area contributed by atoms with Crippen molar-refractivity contribution in [2.24, 2.45) is 0 Å². The number of aliphatic carboxylic acids is 1. The van der Waals surface area contributed by atoms with E-state index in [1.807, 2.05) is 0 Å². The van der Waals surface area contributed by atoms with Crippen LogP contribution in [0.3, 0.4) is 0 Å². The van der Waals surface area contributed by atoms with Crippen LogP contribution < -0.4 is 5.32 Å². The first-order valence-corrected chi connectivity index (χ1v) is 7.00. The first-order chi connectivity index (χ1) is 8.62. The molecule has 5 heteroatoms. The topological polar surface area (TPSA) is 55.8 Å². The highest BCUT2D eigenvalue weighted by atomic mass is 16.4. The molecule has 0 saturated carbocycles. The van der Waals surface area contributed by atoms with Crippen molar-refractivity contribution in [2.45, 2.75) is 51.2 Å². The molecule has 112 valence electrons. The predicted octanol–water partition coefficient (Wildman–Crippen LogP) is 0.854. The maximum absolute atomic E-state index is 11.4. The summed E-state index contributed by atoms with van der Waals surface area (Å²) in [5.74, 6) is -0.782. The van der Waals surface area contributed by atoms with E-state index in [1.54, 1.807) is 14.0 Å². The Morgan fingerprint density at radius 1 is 1.47 bits per heavy atom. The minimum atomic E-state index is -0.854. The Balaban J connectivity index is 2.69. The molecule has 0 aromatic carbocycles. The summed E-state index contributed by atoms with van der Waals surface area (Å²) in [5, 5.41) is 12.3. The van der Waals surface area contributed by atoms with E-state index < -0.39 is 11.5 Å². The number of likely N-dealkylation sites (N-methyl/N-ethyl adjacent to an activating group) is 2. The molecule has 19 heavy (non-hydrogen) atoms. The average Bonchev–Trinajstić information content (AvgIpc) is 2.32. The SMILES string of the molecule is CNC(C)(CC(C)N1CCN(C)C(C)(C)C1)C(=O)O. The molecule has 1 aliphatic heterocycles. The molecule has 2 atom stereocenters. The van der Waals surface area contributed by atoms with Gasteiger partial charge < -0.3 is 10.4 Å². The van der Waals surface area contributed by atoms with Gasteiger partial charge in [0.15, 0.2) is 0 Å². The van der Waals surface area contributed by atoms with E-state index >= 15 is 0 Å². The molecule has 2 N–H and O–H groups in total. The molecule has 1 fully saturated rings. The van der Waals surface area contributed by atoms with Gasteiger partial charge in [0.1, 0.15) is 5.54 Å². The number of nitrogens with zero attached hydrogens (tertiary/aromatic N) is 2. The minimum absolute atomic E-state index is 0.145. The molecular weight excluding hydrogens is 242 g/mol. The van der Waals surface area contributed by atoms with Crippen LogP contribution in [0.1, 0.15) is 34.1 Å². The van der Waals surface area contributed by atoms with Crippen molar-refractivity contribution in [1.82, 2.24) is 15.1 Å². The fourth-order valence-corrected chi connectivity index (χ4v) is 2.67. The fourth-order valence-electron chi connectivity index (χ4n) is 2.67. The summed E-state index contributed by atoms with van der Waals surface area (Å²) in [6, 6.07) is 0.251. The smallest absolute Gasteiger partial charge is 0.323 e. The Kier molecular flexibility index (Phi) is 4.98. The molecule has 5 nitrogen and oxygen atoms in total. The van der Waals surface area contributed by atoms with Crippen molar-refractivity contribution >= 4 is 5.97 Å². The van der Waals surface area contributed by atoms with E-state index in [4.69, 9.17) is 0 Å². The van der Waals surface area contributed by atoms with E-state index in [2.05, 4.69) is 42.9 Å². The lowest BCUT2D eigenvalue weighted by atomic mass is 9.91. The highest BCUT2D eigenvalue weighted by molar-refractivity contribution is 5.78. The van der Waals surface area contributed by atoms with Crippen molar-refractivity contribution < 1.29 is 9.90 Å². The molecule has 2 unspecified atom stereocenters. The molecule has 1 saturated heterocycles. The van der Waals surface area contributed by atoms with Crippen molar-refractivity contribution in [3.63, 3.8) is 0 Å². The van der Waals surface area contributed by atoms with Gasteiger partial charge in [-0.2, -0.15) is 0 Å². The number of carboxylic acids is 1. The Labute approximate surface area is 117 Å². The number of hydrogen-bond acceptors (Lipinski definition) is 4. The van der Waals surface area contributed by atoms with Crippen LogP contribution in [0.5, 0.6) is 0 Å². The van der Waals surface area contributed by atoms with Crippen molar-refractivity contribution in [1.29, 1.82) is 0 Å². The van der Waals surface area contributed by atoms with Gasteiger partial charge in [0.05, 0.1) is 0 Å². The summed E-state index contributed by atoms with van der Waals surface area (Å²) in [7, 11) is 3.87. The lowest BCUT2D eigenvalue weighted by Gasteiger charge is -2.48. The normalized spacial score (nSPS) is 25.8. The zero-order chi connectivity index (χ0) is 14.8. The van der Waals surface area contributed by atoms with Gasteiger partial charge in [-0.15, -0.1) is 0 Å². The van der Waals surface area contributed by atoms with Crippen LogP contribution in [0.2, 0.25) is 0 Å². The van der Waals surface area contributed by atoms with Crippen molar-refractivity contribution in [2.75, 3.05) is 33.7 Å². The Morgan fingerprint density at radius 2 is 2.05 bits per heavy atom. The van der Waals surface area contributed by atoms with Gasteiger partial charge >= 0.3 is 5.97 Å². The summed E-state index contributed by atoms with van der Waals surface area (Å²) < 4.78 is 0. The first kappa shape index (κ1) is 16.4. The van der Waals surface area contributed by atoms with E-state index in [0.29, 0.717) is 6.42 Å². The van der Waals surface area contributed by atoms with Crippen LogP contribution in [0, 0.1) is 0 Å². The quantitative estimate of drug-likeness (QED) is 0.776. The van der Waals surface area contributed by atoms with Crippen LogP contribution >= 0.6 is 0 Å². The van der Waals surface area contributed by atoms with Crippen LogP contribution in [-0.4, -0.2) is 71.7 Å². The molecule has 0 amide bonds. The highest BCUT2D eigenvalue weighted by Gasteiger charge is 2.38. The third-order valence-corrected chi connectivity index (χ3v) is 4.70. The van der Waals surface area contributed by atoms with Crippen LogP contribution in [0.15, 0.2) is 0 Å². The molecule has 1 aliphatic rings. The molecular formula is C14H29N3O2. The largest absolute Gasteiger partial charge is 0.480 e. The van der Waals surface area contributed by atoms with Gasteiger partial charge in [-0.25, -0.2) is 0 Å². The zero-order valence-electron chi connectivity index (χ0n) is 13.2. The predicted molar refractivity (Wildman–Crippen MR) is 77.5 cm³/mol. The summed E-state index contributed by atoms with van der Waals surface area (Å²) >= 11 is 0. The molecule has 1 rings (SSSR count). The first-order valence-electron chi connectivity index (χ1n) is 7.00. The zero-order valence-corrected chi connectivity index (χ0v) is 13.2. The van der Waals surface area contributed by atoms with Gasteiger partial charge in [-0.3, -0.25) is 14.6 Å². The maximum atomic E-state index is 11.4. The summed E-state index contributed by atoms with van der Waals surface area (Å²) in [4.78, 5) is 16.1. The molecule has 1 heterocycles. The van der Waals surface area contributed by atoms with Crippen molar-refractivity contribution in [3.8, 4) is 0 Å². The van der Waals surface area contributed by atoms with Crippen LogP contribution in [0.4, 0.5) is 0 Å². The standard InChI is InChI=1S/C14H29N3O2/c1-11(9-14(4,15-5)12(18)19)17-8-7-16(6)13(2,3)10-17/h11,15H,7-10H2,1-6H3,(H,18,19). The lowest BCUT2D eigenvalue weighted by Crippen LogP contribution is -2.61. The molecule has 0 aliphatic carbocycles. The highest BCUT2D eigenvalue weighted by Crippen LogP contribution is 2.24. The molecule has 0 radical (unpaired) electrons. The molecule has 0 aromatic rings. The fraction of sp³-hybridized carbons (Fsp3) is 0.929. The lowest BCUT2D eigenvalue weighted by molar-refractivity contribution is -0.145. The van der Waals surface area contributed by atoms with Gasteiger partial charge in [-0.1, -0.05) is 0 Å². The summed E-state index contributed by atoms with van der Waals surface area (Å²) in [6.45, 7) is 11.4. The van der Waals surface area contributed by atoms with Gasteiger partial charge in [-0.05, 0) is 48.2 Å². The number of piperazine rings is 1. The third kappa shape index (κ3) is 3.68. The van der Waals surface area contributed by atoms with Crippen molar-refractivity contribution in [3.05, 3.63) is 0 Å². The molecule has 0 bridgehead atoms. The number of hydrogen-bond donors (Lipinski definition) is 2. The molecule has 0 aromatic heterocycles. The second-order valence-electron chi connectivity index (χ2n) is 6.64. The molecule has 0 spiro atoms. The second kappa shape index (κ2) is 5.77. The third-order valence-electron chi connectivity index (χ3n) is 4.70. The summed E-state index contributed by atoms with van der Waals surface area (Å²) in [5.41, 5.74) is -0.710. The van der Waals surface area contributed by atoms with E-state index in [0.717, 1.165) is 19.6 Å². The number of carboxylic acid groups (broad SMARTS) is 1. The second-order valence-corrected chi connectivity index (χ2v) is 6.64. The van der Waals surface area contributed by atoms with E-state index in [9.17, 15) is 9.90 Å². The Morgan fingerprint density at radius 3 is 2.47 bits per heavy atom. The maximum Gasteiger partial charge on any atom is 0.323 e. The van der Waals surface area contributed by atoms with E-state index in [1.165, 1.54) is 0 Å². The van der Waals surface area contributed by atoms with E-state index in [-0.39, 0.29) is 11.6 Å². The van der Waals surface area contributed by atoms with Crippen LogP contribution in [0.25, 0.3) is 0 Å². The Hall–Kier alpha value is -0.650. The summed E-state index contributed by atoms with van der Waals surface area (Å²) in [6.07, 6.45) is 0.610. The number of rotatable bonds is 5. The van der Waals surface area contributed by atoms with Gasteiger partial charge in [0.25, 0.3) is 0 Å². The minimum Gasteiger partial charge on any atom is -0.480 e. The Bertz CT molecular complexity index is 333.